The summed E-state index contributed by atoms with van der Waals surface area (Å²) >= 11 is 0. The Morgan fingerprint density at radius 1 is 1.12 bits per heavy atom. The first-order valence-electron chi connectivity index (χ1n) is 6.34. The van der Waals surface area contributed by atoms with Gasteiger partial charge >= 0.3 is 12.0 Å². The van der Waals surface area contributed by atoms with Crippen molar-refractivity contribution in [1.82, 2.24) is 10.6 Å². The summed E-state index contributed by atoms with van der Waals surface area (Å²) in [6.45, 7) is 5.96. The third-order valence-corrected chi connectivity index (χ3v) is 2.77. The number of hydrogen-bond acceptors (Lipinski definition) is 2. The number of aliphatic carboxylic acids is 1. The standard InChI is InChI=1S/C12H24N2O3/c1-4-7-8-10(11(15)16)14-12(17)13-9(5-2)6-3/h9-10H,4-8H2,1-3H3,(H,15,16)(H2,13,14,17)/t10-/m0/s1. The van der Waals surface area contributed by atoms with Crippen molar-refractivity contribution in [2.45, 2.75) is 65.0 Å². The predicted octanol–water partition coefficient (Wildman–Crippen LogP) is 2.12. The second-order valence-electron chi connectivity index (χ2n) is 4.16. The van der Waals surface area contributed by atoms with Crippen molar-refractivity contribution in [2.24, 2.45) is 0 Å². The summed E-state index contributed by atoms with van der Waals surface area (Å²) in [5, 5.41) is 14.2. The number of amides is 2. The lowest BCUT2D eigenvalue weighted by Crippen LogP contribution is -2.48. The van der Waals surface area contributed by atoms with Crippen LogP contribution in [0, 0.1) is 0 Å². The van der Waals surface area contributed by atoms with E-state index in [1.165, 1.54) is 0 Å². The highest BCUT2D eigenvalue weighted by Gasteiger charge is 2.19. The molecule has 0 rings (SSSR count). The molecule has 5 nitrogen and oxygen atoms in total. The number of rotatable bonds is 8. The summed E-state index contributed by atoms with van der Waals surface area (Å²) < 4.78 is 0. The molecule has 5 heteroatoms. The fraction of sp³-hybridized carbons (Fsp3) is 0.833. The average Bonchev–Trinajstić information content (AvgIpc) is 2.30. The van der Waals surface area contributed by atoms with Crippen molar-refractivity contribution in [3.63, 3.8) is 0 Å². The second kappa shape index (κ2) is 8.84. The number of carbonyl (C=O) groups excluding carboxylic acids is 1. The lowest BCUT2D eigenvalue weighted by molar-refractivity contribution is -0.139. The van der Waals surface area contributed by atoms with Gasteiger partial charge in [0.25, 0.3) is 0 Å². The van der Waals surface area contributed by atoms with Gasteiger partial charge in [0, 0.05) is 6.04 Å². The van der Waals surface area contributed by atoms with Crippen molar-refractivity contribution in [3.05, 3.63) is 0 Å². The molecule has 17 heavy (non-hydrogen) atoms. The second-order valence-corrected chi connectivity index (χ2v) is 4.16. The molecule has 0 radical (unpaired) electrons. The molecule has 100 valence electrons. The predicted molar refractivity (Wildman–Crippen MR) is 67.0 cm³/mol. The zero-order chi connectivity index (χ0) is 13.3. The number of nitrogens with one attached hydrogen (secondary N) is 2. The third-order valence-electron chi connectivity index (χ3n) is 2.77. The molecule has 0 aromatic heterocycles. The van der Waals surface area contributed by atoms with Gasteiger partial charge in [0.05, 0.1) is 0 Å². The number of hydrogen-bond donors (Lipinski definition) is 3. The highest BCUT2D eigenvalue weighted by atomic mass is 16.4. The molecule has 0 aliphatic carbocycles. The molecule has 0 spiro atoms. The van der Waals surface area contributed by atoms with Crippen LogP contribution in [0.3, 0.4) is 0 Å². The molecule has 0 fully saturated rings. The number of carbonyl (C=O) groups is 2. The van der Waals surface area contributed by atoms with Crippen LogP contribution in [0.15, 0.2) is 0 Å². The molecule has 3 N–H and O–H groups in total. The molecule has 0 aliphatic heterocycles. The van der Waals surface area contributed by atoms with Crippen LogP contribution in [0.1, 0.15) is 52.9 Å². The lowest BCUT2D eigenvalue weighted by atomic mass is 10.1. The Bertz CT molecular complexity index is 240. The summed E-state index contributed by atoms with van der Waals surface area (Å²) in [6, 6.07) is -1.07. The monoisotopic (exact) mass is 244 g/mol. The van der Waals surface area contributed by atoms with Crippen LogP contribution in [-0.4, -0.2) is 29.2 Å². The van der Waals surface area contributed by atoms with Crippen LogP contribution in [0.4, 0.5) is 4.79 Å². The zero-order valence-electron chi connectivity index (χ0n) is 11.0. The summed E-state index contributed by atoms with van der Waals surface area (Å²) in [6.07, 6.45) is 3.87. The fourth-order valence-electron chi connectivity index (χ4n) is 1.54. The maximum atomic E-state index is 11.6. The van der Waals surface area contributed by atoms with E-state index < -0.39 is 12.0 Å². The van der Waals surface area contributed by atoms with Gasteiger partial charge in [0.2, 0.25) is 0 Å². The highest BCUT2D eigenvalue weighted by molar-refractivity contribution is 5.82. The Kier molecular flexibility index (Phi) is 8.19. The van der Waals surface area contributed by atoms with Gasteiger partial charge in [-0.2, -0.15) is 0 Å². The fourth-order valence-corrected chi connectivity index (χ4v) is 1.54. The van der Waals surface area contributed by atoms with E-state index in [4.69, 9.17) is 5.11 Å². The number of unbranched alkanes of at least 4 members (excludes halogenated alkanes) is 1. The van der Waals surface area contributed by atoms with E-state index >= 15 is 0 Å². The topological polar surface area (TPSA) is 78.4 Å². The Labute approximate surface area is 103 Å². The van der Waals surface area contributed by atoms with Crippen molar-refractivity contribution in [2.75, 3.05) is 0 Å². The van der Waals surface area contributed by atoms with E-state index in [-0.39, 0.29) is 12.1 Å². The third kappa shape index (κ3) is 6.81. The average molecular weight is 244 g/mol. The van der Waals surface area contributed by atoms with Gasteiger partial charge in [-0.1, -0.05) is 33.6 Å². The van der Waals surface area contributed by atoms with Crippen molar-refractivity contribution < 1.29 is 14.7 Å². The molecule has 0 aliphatic rings. The van der Waals surface area contributed by atoms with Crippen molar-refractivity contribution in [3.8, 4) is 0 Å². The van der Waals surface area contributed by atoms with Crippen LogP contribution in [0.25, 0.3) is 0 Å². The van der Waals surface area contributed by atoms with Gasteiger partial charge in [-0.05, 0) is 19.3 Å². The molecule has 1 atom stereocenters. The first-order valence-corrected chi connectivity index (χ1v) is 6.34. The molecule has 0 saturated carbocycles. The minimum Gasteiger partial charge on any atom is -0.480 e. The smallest absolute Gasteiger partial charge is 0.326 e. The molecule has 0 heterocycles. The maximum Gasteiger partial charge on any atom is 0.326 e. The maximum absolute atomic E-state index is 11.6. The van der Waals surface area contributed by atoms with Crippen LogP contribution >= 0.6 is 0 Å². The molecular weight excluding hydrogens is 220 g/mol. The molecule has 0 aromatic rings. The largest absolute Gasteiger partial charge is 0.480 e. The quantitative estimate of drug-likeness (QED) is 0.612. The minimum atomic E-state index is -0.974. The molecule has 2 amide bonds. The van der Waals surface area contributed by atoms with E-state index in [1.807, 2.05) is 20.8 Å². The molecule has 0 saturated heterocycles. The number of carboxylic acids is 1. The van der Waals surface area contributed by atoms with Gasteiger partial charge < -0.3 is 15.7 Å². The van der Waals surface area contributed by atoms with Crippen LogP contribution in [-0.2, 0) is 4.79 Å². The molecule has 0 aromatic carbocycles. The Hall–Kier alpha value is -1.26. The number of carboxylic acid groups (broad SMARTS) is 1. The zero-order valence-corrected chi connectivity index (χ0v) is 11.0. The van der Waals surface area contributed by atoms with E-state index in [9.17, 15) is 9.59 Å². The summed E-state index contributed by atoms with van der Waals surface area (Å²) in [5.41, 5.74) is 0. The molecule has 0 bridgehead atoms. The van der Waals surface area contributed by atoms with Crippen LogP contribution in [0.2, 0.25) is 0 Å². The van der Waals surface area contributed by atoms with E-state index in [0.29, 0.717) is 6.42 Å². The van der Waals surface area contributed by atoms with Crippen LogP contribution in [0.5, 0.6) is 0 Å². The Balaban J connectivity index is 4.15. The van der Waals surface area contributed by atoms with Gasteiger partial charge in [-0.25, -0.2) is 9.59 Å². The lowest BCUT2D eigenvalue weighted by Gasteiger charge is -2.18. The SMILES string of the molecule is CCCC[C@H](NC(=O)NC(CC)CC)C(=O)O. The van der Waals surface area contributed by atoms with Gasteiger partial charge in [0.15, 0.2) is 0 Å². The first kappa shape index (κ1) is 15.7. The Morgan fingerprint density at radius 3 is 2.12 bits per heavy atom. The van der Waals surface area contributed by atoms with Gasteiger partial charge in [-0.15, -0.1) is 0 Å². The summed E-state index contributed by atoms with van der Waals surface area (Å²) in [7, 11) is 0. The van der Waals surface area contributed by atoms with Crippen molar-refractivity contribution in [1.29, 1.82) is 0 Å². The summed E-state index contributed by atoms with van der Waals surface area (Å²) in [4.78, 5) is 22.5. The number of urea groups is 1. The van der Waals surface area contributed by atoms with Crippen LogP contribution < -0.4 is 10.6 Å². The summed E-state index contributed by atoms with van der Waals surface area (Å²) in [5.74, 6) is -0.974. The first-order chi connectivity index (χ1) is 8.04. The highest BCUT2D eigenvalue weighted by Crippen LogP contribution is 2.01. The van der Waals surface area contributed by atoms with E-state index in [1.54, 1.807) is 0 Å². The molecular formula is C12H24N2O3. The van der Waals surface area contributed by atoms with E-state index in [0.717, 1.165) is 25.7 Å². The Morgan fingerprint density at radius 2 is 1.71 bits per heavy atom. The molecule has 0 unspecified atom stereocenters. The normalized spacial score (nSPS) is 12.2. The van der Waals surface area contributed by atoms with E-state index in [2.05, 4.69) is 10.6 Å². The minimum absolute atomic E-state index is 0.107. The van der Waals surface area contributed by atoms with Crippen molar-refractivity contribution >= 4 is 12.0 Å². The van der Waals surface area contributed by atoms with Gasteiger partial charge in [0.1, 0.15) is 6.04 Å². The van der Waals surface area contributed by atoms with Gasteiger partial charge in [-0.3, -0.25) is 0 Å².